The van der Waals surface area contributed by atoms with Gasteiger partial charge < -0.3 is 14.2 Å². The molecule has 1 aromatic rings. The Morgan fingerprint density at radius 2 is 1.55 bits per heavy atom. The van der Waals surface area contributed by atoms with Crippen LogP contribution in [0.3, 0.4) is 0 Å². The molecule has 8 heteroatoms. The number of methoxy groups -OCH3 is 3. The summed E-state index contributed by atoms with van der Waals surface area (Å²) >= 11 is 4.75. The second kappa shape index (κ2) is 6.44. The zero-order valence-corrected chi connectivity index (χ0v) is 13.0. The van der Waals surface area contributed by atoms with Gasteiger partial charge in [-0.3, -0.25) is 20.2 Å². The Hall–Kier alpha value is -2.61. The van der Waals surface area contributed by atoms with E-state index in [0.717, 1.165) is 0 Å². The number of benzene rings is 1. The monoisotopic (exact) mass is 322 g/mol. The van der Waals surface area contributed by atoms with E-state index in [1.54, 1.807) is 12.1 Å². The molecule has 7 nitrogen and oxygen atoms in total. The lowest BCUT2D eigenvalue weighted by Gasteiger charge is -2.18. The van der Waals surface area contributed by atoms with Gasteiger partial charge in [-0.05, 0) is 30.4 Å². The average Bonchev–Trinajstić information content (AvgIpc) is 2.49. The molecule has 0 aromatic heterocycles. The molecule has 0 aliphatic carbocycles. The number of rotatable bonds is 4. The number of thiocarbonyl (C=S) groups is 1. The fourth-order valence-electron chi connectivity index (χ4n) is 2.00. The number of ether oxygens (including phenoxy) is 3. The van der Waals surface area contributed by atoms with E-state index < -0.39 is 11.8 Å². The van der Waals surface area contributed by atoms with E-state index in [0.29, 0.717) is 22.8 Å². The lowest BCUT2D eigenvalue weighted by Crippen LogP contribution is -2.51. The molecule has 1 saturated heterocycles. The molecular formula is C14H14N2O5S. The number of amides is 2. The Labute approximate surface area is 132 Å². The summed E-state index contributed by atoms with van der Waals surface area (Å²) in [5.74, 6) is 0.0333. The van der Waals surface area contributed by atoms with Crippen LogP contribution in [0.2, 0.25) is 0 Å². The van der Waals surface area contributed by atoms with Gasteiger partial charge in [0.1, 0.15) is 5.57 Å². The summed E-state index contributed by atoms with van der Waals surface area (Å²) in [5.41, 5.74) is 0.410. The Kier molecular flexibility index (Phi) is 4.62. The Bertz CT molecular complexity index is 662. The molecule has 0 radical (unpaired) electrons. The highest BCUT2D eigenvalue weighted by Crippen LogP contribution is 2.40. The number of carbonyl (C=O) groups excluding carboxylic acids is 2. The van der Waals surface area contributed by atoms with Crippen molar-refractivity contribution in [2.24, 2.45) is 0 Å². The van der Waals surface area contributed by atoms with Crippen molar-refractivity contribution in [3.63, 3.8) is 0 Å². The molecule has 2 amide bonds. The summed E-state index contributed by atoms with van der Waals surface area (Å²) in [5, 5.41) is 4.71. The smallest absolute Gasteiger partial charge is 0.263 e. The highest BCUT2D eigenvalue weighted by atomic mass is 32.1. The summed E-state index contributed by atoms with van der Waals surface area (Å²) in [6.45, 7) is 0. The van der Waals surface area contributed by atoms with Crippen molar-refractivity contribution in [2.45, 2.75) is 0 Å². The summed E-state index contributed by atoms with van der Waals surface area (Å²) in [6, 6.07) is 3.30. The van der Waals surface area contributed by atoms with Gasteiger partial charge in [-0.1, -0.05) is 0 Å². The van der Waals surface area contributed by atoms with Crippen molar-refractivity contribution in [1.29, 1.82) is 0 Å². The molecule has 2 rings (SSSR count). The minimum atomic E-state index is -0.578. The van der Waals surface area contributed by atoms with Crippen LogP contribution in [0.4, 0.5) is 0 Å². The molecule has 1 aliphatic rings. The lowest BCUT2D eigenvalue weighted by atomic mass is 10.1. The van der Waals surface area contributed by atoms with Gasteiger partial charge in [-0.2, -0.15) is 0 Å². The first kappa shape index (κ1) is 15.8. The fraction of sp³-hybridized carbons (Fsp3) is 0.214. The zero-order chi connectivity index (χ0) is 16.3. The van der Waals surface area contributed by atoms with Gasteiger partial charge in [0.25, 0.3) is 11.8 Å². The third kappa shape index (κ3) is 2.86. The van der Waals surface area contributed by atoms with Gasteiger partial charge in [-0.15, -0.1) is 0 Å². The van der Waals surface area contributed by atoms with Crippen molar-refractivity contribution in [3.8, 4) is 17.2 Å². The summed E-state index contributed by atoms with van der Waals surface area (Å²) < 4.78 is 15.7. The standard InChI is InChI=1S/C14H14N2O5S/c1-19-9-5-4-7(10(20-2)11(9)21-3)6-8-12(17)15-14(22)16-13(8)18/h4-6H,1-3H3,(H2,15,16,17,18,22). The summed E-state index contributed by atoms with van der Waals surface area (Å²) in [4.78, 5) is 23.7. The number of hydrogen-bond donors (Lipinski definition) is 2. The van der Waals surface area contributed by atoms with E-state index in [-0.39, 0.29) is 10.7 Å². The molecule has 0 atom stereocenters. The Morgan fingerprint density at radius 3 is 2.05 bits per heavy atom. The molecule has 1 aromatic carbocycles. The molecule has 116 valence electrons. The normalized spacial score (nSPS) is 14.1. The maximum absolute atomic E-state index is 11.9. The van der Waals surface area contributed by atoms with Crippen LogP contribution in [0.15, 0.2) is 17.7 Å². The number of hydrogen-bond acceptors (Lipinski definition) is 6. The number of nitrogens with one attached hydrogen (secondary N) is 2. The second-order valence-corrected chi connectivity index (χ2v) is 4.63. The van der Waals surface area contributed by atoms with Crippen LogP contribution in [0.5, 0.6) is 17.2 Å². The predicted molar refractivity (Wildman–Crippen MR) is 83.0 cm³/mol. The van der Waals surface area contributed by atoms with E-state index in [9.17, 15) is 9.59 Å². The Morgan fingerprint density at radius 1 is 0.955 bits per heavy atom. The zero-order valence-electron chi connectivity index (χ0n) is 12.2. The summed E-state index contributed by atoms with van der Waals surface area (Å²) in [7, 11) is 4.42. The van der Waals surface area contributed by atoms with E-state index >= 15 is 0 Å². The Balaban J connectivity index is 2.53. The quantitative estimate of drug-likeness (QED) is 0.480. The second-order valence-electron chi connectivity index (χ2n) is 4.22. The SMILES string of the molecule is COc1ccc(C=C2C(=O)NC(=S)NC2=O)c(OC)c1OC. The average molecular weight is 322 g/mol. The maximum Gasteiger partial charge on any atom is 0.263 e. The van der Waals surface area contributed by atoms with Gasteiger partial charge in [0.2, 0.25) is 5.75 Å². The van der Waals surface area contributed by atoms with Crippen LogP contribution >= 0.6 is 12.2 Å². The van der Waals surface area contributed by atoms with Crippen LogP contribution in [-0.4, -0.2) is 38.3 Å². The molecular weight excluding hydrogens is 308 g/mol. The molecule has 1 fully saturated rings. The van der Waals surface area contributed by atoms with Crippen LogP contribution in [0.25, 0.3) is 6.08 Å². The third-order valence-corrected chi connectivity index (χ3v) is 3.18. The topological polar surface area (TPSA) is 85.9 Å². The van der Waals surface area contributed by atoms with Gasteiger partial charge in [0.05, 0.1) is 21.3 Å². The maximum atomic E-state index is 11.9. The van der Waals surface area contributed by atoms with Crippen molar-refractivity contribution < 1.29 is 23.8 Å². The number of carbonyl (C=O) groups is 2. The minimum Gasteiger partial charge on any atom is -0.493 e. The first-order chi connectivity index (χ1) is 10.5. The van der Waals surface area contributed by atoms with Crippen molar-refractivity contribution in [2.75, 3.05) is 21.3 Å². The molecule has 0 spiro atoms. The van der Waals surface area contributed by atoms with E-state index in [4.69, 9.17) is 26.4 Å². The van der Waals surface area contributed by atoms with Crippen LogP contribution < -0.4 is 24.8 Å². The van der Waals surface area contributed by atoms with E-state index in [2.05, 4.69) is 10.6 Å². The highest BCUT2D eigenvalue weighted by Gasteiger charge is 2.26. The van der Waals surface area contributed by atoms with Gasteiger partial charge in [0, 0.05) is 5.56 Å². The molecule has 1 heterocycles. The molecule has 1 aliphatic heterocycles. The van der Waals surface area contributed by atoms with Crippen molar-refractivity contribution >= 4 is 35.2 Å². The van der Waals surface area contributed by atoms with Crippen LogP contribution in [0, 0.1) is 0 Å². The lowest BCUT2D eigenvalue weighted by molar-refractivity contribution is -0.123. The molecule has 2 N–H and O–H groups in total. The molecule has 0 saturated carbocycles. The minimum absolute atomic E-state index is 0.0218. The molecule has 0 unspecified atom stereocenters. The highest BCUT2D eigenvalue weighted by molar-refractivity contribution is 7.80. The molecule has 22 heavy (non-hydrogen) atoms. The van der Waals surface area contributed by atoms with Gasteiger partial charge in [0.15, 0.2) is 16.6 Å². The first-order valence-electron chi connectivity index (χ1n) is 6.19. The van der Waals surface area contributed by atoms with Gasteiger partial charge >= 0.3 is 0 Å². The first-order valence-corrected chi connectivity index (χ1v) is 6.60. The van der Waals surface area contributed by atoms with Crippen LogP contribution in [0.1, 0.15) is 5.56 Å². The van der Waals surface area contributed by atoms with Crippen molar-refractivity contribution in [3.05, 3.63) is 23.3 Å². The third-order valence-electron chi connectivity index (χ3n) is 2.98. The van der Waals surface area contributed by atoms with Crippen molar-refractivity contribution in [1.82, 2.24) is 10.6 Å². The van der Waals surface area contributed by atoms with Crippen LogP contribution in [-0.2, 0) is 9.59 Å². The largest absolute Gasteiger partial charge is 0.493 e. The predicted octanol–water partition coefficient (Wildman–Crippen LogP) is 0.627. The van der Waals surface area contributed by atoms with E-state index in [1.807, 2.05) is 0 Å². The molecule has 0 bridgehead atoms. The van der Waals surface area contributed by atoms with E-state index in [1.165, 1.54) is 27.4 Å². The fourth-order valence-corrected chi connectivity index (χ4v) is 2.19. The van der Waals surface area contributed by atoms with Gasteiger partial charge in [-0.25, -0.2) is 0 Å². The summed E-state index contributed by atoms with van der Waals surface area (Å²) in [6.07, 6.45) is 1.40.